The molecule has 2 atom stereocenters. The standard InChI is InChI=1S/C22H23ClN4O4/c1-12(2)30-18-6-4-13(10-17(18)23)20-26-21(31-27-20)14-7-8-24-19(11-14)25-16-5-3-15(9-16)22(28)29/h4,6-8,10-12,15-16H,3,5,9H2,1-2H3,(H,24,25)(H,28,29)/t15-,16+/m1/s1. The molecule has 9 heteroatoms. The Morgan fingerprint density at radius 1 is 1.26 bits per heavy atom. The lowest BCUT2D eigenvalue weighted by Gasteiger charge is -2.13. The van der Waals surface area contributed by atoms with Crippen LogP contribution in [-0.4, -0.2) is 38.3 Å². The van der Waals surface area contributed by atoms with Gasteiger partial charge in [-0.2, -0.15) is 4.98 Å². The molecule has 2 aromatic heterocycles. The Morgan fingerprint density at radius 3 is 2.81 bits per heavy atom. The number of hydrogen-bond acceptors (Lipinski definition) is 7. The summed E-state index contributed by atoms with van der Waals surface area (Å²) in [5.74, 6) is 0.975. The summed E-state index contributed by atoms with van der Waals surface area (Å²) >= 11 is 6.31. The normalized spacial score (nSPS) is 18.3. The summed E-state index contributed by atoms with van der Waals surface area (Å²) in [4.78, 5) is 20.0. The second-order valence-electron chi connectivity index (χ2n) is 7.85. The number of halogens is 1. The number of anilines is 1. The van der Waals surface area contributed by atoms with Crippen molar-refractivity contribution in [2.75, 3.05) is 5.32 Å². The molecule has 2 N–H and O–H groups in total. The Morgan fingerprint density at radius 2 is 2.10 bits per heavy atom. The fourth-order valence-electron chi connectivity index (χ4n) is 3.64. The Kier molecular flexibility index (Phi) is 6.08. The molecule has 162 valence electrons. The van der Waals surface area contributed by atoms with Crippen LogP contribution in [0.25, 0.3) is 22.8 Å². The lowest BCUT2D eigenvalue weighted by Crippen LogP contribution is -2.18. The zero-order chi connectivity index (χ0) is 22.0. The Balaban J connectivity index is 1.49. The van der Waals surface area contributed by atoms with E-state index in [9.17, 15) is 9.90 Å². The third-order valence-electron chi connectivity index (χ3n) is 5.12. The van der Waals surface area contributed by atoms with Crippen LogP contribution in [0.4, 0.5) is 5.82 Å². The first-order chi connectivity index (χ1) is 14.9. The first-order valence-electron chi connectivity index (χ1n) is 10.1. The molecule has 1 fully saturated rings. The van der Waals surface area contributed by atoms with Crippen molar-refractivity contribution < 1.29 is 19.2 Å². The molecular weight excluding hydrogens is 420 g/mol. The van der Waals surface area contributed by atoms with Gasteiger partial charge in [0.15, 0.2) is 0 Å². The minimum atomic E-state index is -0.742. The van der Waals surface area contributed by atoms with Gasteiger partial charge < -0.3 is 19.7 Å². The number of nitrogens with zero attached hydrogens (tertiary/aromatic N) is 3. The van der Waals surface area contributed by atoms with Crippen LogP contribution in [0.1, 0.15) is 33.1 Å². The molecule has 1 aliphatic carbocycles. The summed E-state index contributed by atoms with van der Waals surface area (Å²) in [5, 5.41) is 17.0. The maximum absolute atomic E-state index is 11.2. The zero-order valence-electron chi connectivity index (χ0n) is 17.2. The van der Waals surface area contributed by atoms with Crippen LogP contribution < -0.4 is 10.1 Å². The minimum absolute atomic E-state index is 0.0221. The van der Waals surface area contributed by atoms with Gasteiger partial charge in [-0.1, -0.05) is 16.8 Å². The average Bonchev–Trinajstić information content (AvgIpc) is 3.39. The van der Waals surface area contributed by atoms with Crippen LogP contribution in [0.2, 0.25) is 5.02 Å². The van der Waals surface area contributed by atoms with E-state index >= 15 is 0 Å². The van der Waals surface area contributed by atoms with Crippen LogP contribution in [0.5, 0.6) is 5.75 Å². The highest BCUT2D eigenvalue weighted by atomic mass is 35.5. The van der Waals surface area contributed by atoms with Gasteiger partial charge in [0.1, 0.15) is 11.6 Å². The van der Waals surface area contributed by atoms with E-state index in [1.807, 2.05) is 26.0 Å². The van der Waals surface area contributed by atoms with Crippen molar-refractivity contribution in [3.05, 3.63) is 41.6 Å². The molecule has 0 aliphatic heterocycles. The Labute approximate surface area is 184 Å². The molecule has 2 heterocycles. The second-order valence-corrected chi connectivity index (χ2v) is 8.26. The number of carboxylic acids is 1. The van der Waals surface area contributed by atoms with E-state index in [2.05, 4.69) is 20.4 Å². The van der Waals surface area contributed by atoms with E-state index in [0.29, 0.717) is 46.7 Å². The molecule has 31 heavy (non-hydrogen) atoms. The van der Waals surface area contributed by atoms with Gasteiger partial charge in [-0.25, -0.2) is 4.98 Å². The predicted molar refractivity (Wildman–Crippen MR) is 116 cm³/mol. The van der Waals surface area contributed by atoms with Crippen molar-refractivity contribution in [2.45, 2.75) is 45.3 Å². The van der Waals surface area contributed by atoms with Gasteiger partial charge in [0.05, 0.1) is 17.0 Å². The molecule has 0 spiro atoms. The maximum atomic E-state index is 11.2. The van der Waals surface area contributed by atoms with E-state index < -0.39 is 5.97 Å². The number of benzene rings is 1. The summed E-state index contributed by atoms with van der Waals surface area (Å²) in [7, 11) is 0. The summed E-state index contributed by atoms with van der Waals surface area (Å²) in [6, 6.07) is 9.04. The van der Waals surface area contributed by atoms with E-state index in [1.165, 1.54) is 0 Å². The second kappa shape index (κ2) is 8.93. The molecular formula is C22H23ClN4O4. The van der Waals surface area contributed by atoms with Gasteiger partial charge in [0.2, 0.25) is 5.82 Å². The predicted octanol–water partition coefficient (Wildman–Crippen LogP) is 4.90. The summed E-state index contributed by atoms with van der Waals surface area (Å²) < 4.78 is 11.1. The molecule has 0 saturated heterocycles. The van der Waals surface area contributed by atoms with Crippen molar-refractivity contribution in [3.63, 3.8) is 0 Å². The molecule has 4 rings (SSSR count). The molecule has 3 aromatic rings. The van der Waals surface area contributed by atoms with Gasteiger partial charge in [-0.15, -0.1) is 0 Å². The number of ether oxygens (including phenoxy) is 1. The SMILES string of the molecule is CC(C)Oc1ccc(-c2noc(-c3ccnc(N[C@H]4CC[C@@H](C(=O)O)C4)c3)n2)cc1Cl. The fourth-order valence-corrected chi connectivity index (χ4v) is 3.86. The van der Waals surface area contributed by atoms with E-state index in [0.717, 1.165) is 12.0 Å². The number of aromatic nitrogens is 3. The first-order valence-corrected chi connectivity index (χ1v) is 10.5. The van der Waals surface area contributed by atoms with Crippen LogP contribution in [0.3, 0.4) is 0 Å². The summed E-state index contributed by atoms with van der Waals surface area (Å²) in [6.07, 6.45) is 3.73. The smallest absolute Gasteiger partial charge is 0.306 e. The molecule has 1 aromatic carbocycles. The Hall–Kier alpha value is -3.13. The maximum Gasteiger partial charge on any atom is 0.306 e. The van der Waals surface area contributed by atoms with Gasteiger partial charge in [0.25, 0.3) is 5.89 Å². The molecule has 1 aliphatic rings. The van der Waals surface area contributed by atoms with Gasteiger partial charge in [0, 0.05) is 23.4 Å². The molecule has 8 nitrogen and oxygen atoms in total. The fraction of sp³-hybridized carbons (Fsp3) is 0.364. The van der Waals surface area contributed by atoms with Gasteiger partial charge in [-0.3, -0.25) is 4.79 Å². The van der Waals surface area contributed by atoms with E-state index in [-0.39, 0.29) is 18.1 Å². The van der Waals surface area contributed by atoms with Crippen molar-refractivity contribution in [1.29, 1.82) is 0 Å². The van der Waals surface area contributed by atoms with E-state index in [1.54, 1.807) is 24.4 Å². The molecule has 0 amide bonds. The molecule has 0 unspecified atom stereocenters. The highest BCUT2D eigenvalue weighted by molar-refractivity contribution is 6.32. The molecule has 0 radical (unpaired) electrons. The Bertz CT molecular complexity index is 1080. The number of aliphatic carboxylic acids is 1. The first kappa shape index (κ1) is 21.1. The monoisotopic (exact) mass is 442 g/mol. The number of hydrogen-bond donors (Lipinski definition) is 2. The number of pyridine rings is 1. The van der Waals surface area contributed by atoms with E-state index in [4.69, 9.17) is 20.9 Å². The van der Waals surface area contributed by atoms with Crippen LogP contribution in [-0.2, 0) is 4.79 Å². The van der Waals surface area contributed by atoms with Crippen molar-refractivity contribution >= 4 is 23.4 Å². The number of carbonyl (C=O) groups is 1. The number of carboxylic acid groups (broad SMARTS) is 1. The number of rotatable bonds is 7. The van der Waals surface area contributed by atoms with Crippen molar-refractivity contribution in [2.24, 2.45) is 5.92 Å². The largest absolute Gasteiger partial charge is 0.489 e. The van der Waals surface area contributed by atoms with Gasteiger partial charge >= 0.3 is 5.97 Å². The zero-order valence-corrected chi connectivity index (χ0v) is 18.0. The summed E-state index contributed by atoms with van der Waals surface area (Å²) in [6.45, 7) is 3.87. The number of nitrogens with one attached hydrogen (secondary N) is 1. The molecule has 1 saturated carbocycles. The lowest BCUT2D eigenvalue weighted by atomic mass is 10.1. The minimum Gasteiger partial charge on any atom is -0.489 e. The van der Waals surface area contributed by atoms with Crippen LogP contribution in [0.15, 0.2) is 41.1 Å². The quantitative estimate of drug-likeness (QED) is 0.531. The highest BCUT2D eigenvalue weighted by Gasteiger charge is 2.29. The summed E-state index contributed by atoms with van der Waals surface area (Å²) in [5.41, 5.74) is 1.43. The van der Waals surface area contributed by atoms with Crippen molar-refractivity contribution in [3.8, 4) is 28.6 Å². The lowest BCUT2D eigenvalue weighted by molar-refractivity contribution is -0.141. The molecule has 0 bridgehead atoms. The van der Waals surface area contributed by atoms with Crippen LogP contribution >= 0.6 is 11.6 Å². The van der Waals surface area contributed by atoms with Crippen molar-refractivity contribution in [1.82, 2.24) is 15.1 Å². The topological polar surface area (TPSA) is 110 Å². The average molecular weight is 443 g/mol. The van der Waals surface area contributed by atoms with Gasteiger partial charge in [-0.05, 0) is 63.4 Å². The third kappa shape index (κ3) is 4.96. The highest BCUT2D eigenvalue weighted by Crippen LogP contribution is 2.32. The third-order valence-corrected chi connectivity index (χ3v) is 5.41. The van der Waals surface area contributed by atoms with Crippen LogP contribution in [0, 0.1) is 5.92 Å².